The van der Waals surface area contributed by atoms with Gasteiger partial charge in [0.15, 0.2) is 5.96 Å². The third kappa shape index (κ3) is 6.65. The van der Waals surface area contributed by atoms with Crippen LogP contribution in [0.25, 0.3) is 0 Å². The van der Waals surface area contributed by atoms with Gasteiger partial charge in [0.05, 0.1) is 6.54 Å². The minimum absolute atomic E-state index is 0. The van der Waals surface area contributed by atoms with Gasteiger partial charge >= 0.3 is 0 Å². The maximum Gasteiger partial charge on any atom is 0.241 e. The third-order valence-electron chi connectivity index (χ3n) is 5.37. The molecule has 1 aliphatic rings. The second kappa shape index (κ2) is 11.2. The molecule has 3 rings (SSSR count). The molecule has 0 saturated heterocycles. The molecule has 162 valence electrons. The standard InChI is InChI=1S/C22H28FN5O.HI/c1-24-21(27-16-22(10-11-22)17-6-5-7-18(23)14-17)26-15-20(29)28(2)13-9-19-8-3-4-12-25-19;/h3-8,12,14H,9-11,13,15-16H2,1-2H3,(H2,24,26,27);1H. The highest BCUT2D eigenvalue weighted by Gasteiger charge is 2.44. The van der Waals surface area contributed by atoms with E-state index in [1.807, 2.05) is 24.3 Å². The van der Waals surface area contributed by atoms with Crippen LogP contribution in [0.2, 0.25) is 0 Å². The number of hydrogen-bond acceptors (Lipinski definition) is 3. The van der Waals surface area contributed by atoms with Gasteiger partial charge in [0.25, 0.3) is 0 Å². The van der Waals surface area contributed by atoms with Crippen molar-refractivity contribution in [1.29, 1.82) is 0 Å². The zero-order valence-corrected chi connectivity index (χ0v) is 19.7. The summed E-state index contributed by atoms with van der Waals surface area (Å²) in [4.78, 5) is 22.5. The molecule has 1 aromatic carbocycles. The lowest BCUT2D eigenvalue weighted by Crippen LogP contribution is -2.45. The summed E-state index contributed by atoms with van der Waals surface area (Å²) in [5, 5.41) is 6.35. The van der Waals surface area contributed by atoms with E-state index >= 15 is 0 Å². The van der Waals surface area contributed by atoms with Gasteiger partial charge in [-0.2, -0.15) is 0 Å². The van der Waals surface area contributed by atoms with E-state index in [0.29, 0.717) is 25.5 Å². The van der Waals surface area contributed by atoms with E-state index in [-0.39, 0.29) is 47.7 Å². The number of amides is 1. The number of likely N-dealkylation sites (N-methyl/N-ethyl adjacent to an activating group) is 1. The molecule has 1 heterocycles. The fraction of sp³-hybridized carbons (Fsp3) is 0.409. The van der Waals surface area contributed by atoms with Crippen LogP contribution in [-0.2, 0) is 16.6 Å². The SMILES string of the molecule is CN=C(NCC(=O)N(C)CCc1ccccn1)NCC1(c2cccc(F)c2)CC1.I. The summed E-state index contributed by atoms with van der Waals surface area (Å²) < 4.78 is 13.5. The van der Waals surface area contributed by atoms with E-state index in [1.165, 1.54) is 6.07 Å². The van der Waals surface area contributed by atoms with Crippen LogP contribution in [0.1, 0.15) is 24.1 Å². The van der Waals surface area contributed by atoms with Gasteiger partial charge in [0, 0.05) is 50.9 Å². The Bertz CT molecular complexity index is 858. The number of guanidine groups is 1. The van der Waals surface area contributed by atoms with Gasteiger partial charge in [-0.3, -0.25) is 14.8 Å². The van der Waals surface area contributed by atoms with Gasteiger partial charge in [0.2, 0.25) is 5.91 Å². The smallest absolute Gasteiger partial charge is 0.241 e. The Kier molecular flexibility index (Phi) is 9.01. The van der Waals surface area contributed by atoms with E-state index in [4.69, 9.17) is 0 Å². The number of aliphatic imine (C=N–C) groups is 1. The number of hydrogen-bond donors (Lipinski definition) is 2. The number of carbonyl (C=O) groups is 1. The Labute approximate surface area is 194 Å². The molecule has 0 bridgehead atoms. The molecule has 0 radical (unpaired) electrons. The average molecular weight is 525 g/mol. The van der Waals surface area contributed by atoms with Crippen LogP contribution in [0.3, 0.4) is 0 Å². The Morgan fingerprint density at radius 1 is 1.23 bits per heavy atom. The quantitative estimate of drug-likeness (QED) is 0.316. The first-order chi connectivity index (χ1) is 14.0. The fourth-order valence-electron chi connectivity index (χ4n) is 3.26. The Morgan fingerprint density at radius 2 is 2.03 bits per heavy atom. The summed E-state index contributed by atoms with van der Waals surface area (Å²) in [5.74, 6) is 0.338. The normalized spacial score (nSPS) is 14.4. The fourth-order valence-corrected chi connectivity index (χ4v) is 3.26. The molecule has 0 atom stereocenters. The van der Waals surface area contributed by atoms with E-state index in [1.54, 1.807) is 37.3 Å². The first-order valence-corrected chi connectivity index (χ1v) is 9.87. The summed E-state index contributed by atoms with van der Waals surface area (Å²) >= 11 is 0. The summed E-state index contributed by atoms with van der Waals surface area (Å²) in [5.41, 5.74) is 1.92. The van der Waals surface area contributed by atoms with Crippen LogP contribution >= 0.6 is 24.0 Å². The molecule has 2 aromatic rings. The van der Waals surface area contributed by atoms with Gasteiger partial charge in [-0.25, -0.2) is 4.39 Å². The molecule has 1 aliphatic carbocycles. The minimum Gasteiger partial charge on any atom is -0.356 e. The Hall–Kier alpha value is -2.23. The number of nitrogens with zero attached hydrogens (tertiary/aromatic N) is 3. The van der Waals surface area contributed by atoms with Crippen LogP contribution in [0.15, 0.2) is 53.7 Å². The first kappa shape index (κ1) is 24.0. The first-order valence-electron chi connectivity index (χ1n) is 9.87. The van der Waals surface area contributed by atoms with Gasteiger partial charge in [-0.15, -0.1) is 24.0 Å². The predicted molar refractivity (Wildman–Crippen MR) is 128 cm³/mol. The molecule has 1 amide bonds. The lowest BCUT2D eigenvalue weighted by Gasteiger charge is -2.21. The Morgan fingerprint density at radius 3 is 2.67 bits per heavy atom. The summed E-state index contributed by atoms with van der Waals surface area (Å²) in [6, 6.07) is 12.5. The molecule has 6 nitrogen and oxygen atoms in total. The van der Waals surface area contributed by atoms with Crippen LogP contribution in [0.5, 0.6) is 0 Å². The van der Waals surface area contributed by atoms with Gasteiger partial charge in [-0.05, 0) is 42.7 Å². The van der Waals surface area contributed by atoms with Crippen molar-refractivity contribution in [2.45, 2.75) is 24.7 Å². The van der Waals surface area contributed by atoms with Gasteiger partial charge in [0.1, 0.15) is 5.82 Å². The predicted octanol–water partition coefficient (Wildman–Crippen LogP) is 2.74. The summed E-state index contributed by atoms with van der Waals surface area (Å²) in [6.07, 6.45) is 4.49. The van der Waals surface area contributed by atoms with E-state index < -0.39 is 0 Å². The highest BCUT2D eigenvalue weighted by molar-refractivity contribution is 14.0. The van der Waals surface area contributed by atoms with Crippen molar-refractivity contribution in [3.8, 4) is 0 Å². The Balaban J connectivity index is 0.00000320. The minimum atomic E-state index is -0.212. The topological polar surface area (TPSA) is 69.6 Å². The monoisotopic (exact) mass is 525 g/mol. The molecule has 0 spiro atoms. The number of pyridine rings is 1. The molecule has 0 aliphatic heterocycles. The van der Waals surface area contributed by atoms with Crippen molar-refractivity contribution in [1.82, 2.24) is 20.5 Å². The van der Waals surface area contributed by atoms with E-state index in [2.05, 4.69) is 20.6 Å². The summed E-state index contributed by atoms with van der Waals surface area (Å²) in [6.45, 7) is 1.41. The van der Waals surface area contributed by atoms with Crippen LogP contribution in [0.4, 0.5) is 4.39 Å². The molecular weight excluding hydrogens is 496 g/mol. The zero-order chi connectivity index (χ0) is 20.7. The number of carbonyl (C=O) groups excluding carboxylic acids is 1. The average Bonchev–Trinajstić information content (AvgIpc) is 3.54. The van der Waals surface area contributed by atoms with Crippen LogP contribution < -0.4 is 10.6 Å². The molecule has 8 heteroatoms. The van der Waals surface area contributed by atoms with E-state index in [9.17, 15) is 9.18 Å². The van der Waals surface area contributed by atoms with Crippen LogP contribution in [-0.4, -0.2) is 55.5 Å². The second-order valence-corrected chi connectivity index (χ2v) is 7.46. The molecule has 1 fully saturated rings. The molecule has 0 unspecified atom stereocenters. The highest BCUT2D eigenvalue weighted by Crippen LogP contribution is 2.47. The molecular formula is C22H29FIN5O. The van der Waals surface area contributed by atoms with Crippen molar-refractivity contribution < 1.29 is 9.18 Å². The third-order valence-corrected chi connectivity index (χ3v) is 5.37. The lowest BCUT2D eigenvalue weighted by atomic mass is 9.96. The van der Waals surface area contributed by atoms with Crippen molar-refractivity contribution in [2.24, 2.45) is 4.99 Å². The number of nitrogens with one attached hydrogen (secondary N) is 2. The molecule has 30 heavy (non-hydrogen) atoms. The number of halogens is 2. The summed E-state index contributed by atoms with van der Waals surface area (Å²) in [7, 11) is 3.46. The van der Waals surface area contributed by atoms with Crippen molar-refractivity contribution in [3.63, 3.8) is 0 Å². The largest absolute Gasteiger partial charge is 0.356 e. The van der Waals surface area contributed by atoms with Gasteiger partial charge < -0.3 is 15.5 Å². The molecule has 2 N–H and O–H groups in total. The maximum absolute atomic E-state index is 13.5. The van der Waals surface area contributed by atoms with Crippen molar-refractivity contribution in [2.75, 3.05) is 33.7 Å². The second-order valence-electron chi connectivity index (χ2n) is 7.46. The number of benzene rings is 1. The van der Waals surface area contributed by atoms with Crippen molar-refractivity contribution in [3.05, 3.63) is 65.7 Å². The number of aromatic nitrogens is 1. The van der Waals surface area contributed by atoms with Crippen molar-refractivity contribution >= 4 is 35.8 Å². The molecule has 1 saturated carbocycles. The zero-order valence-electron chi connectivity index (χ0n) is 17.4. The van der Waals surface area contributed by atoms with Gasteiger partial charge in [-0.1, -0.05) is 18.2 Å². The number of rotatable bonds is 8. The molecule has 1 aromatic heterocycles. The van der Waals surface area contributed by atoms with E-state index in [0.717, 1.165) is 24.1 Å². The highest BCUT2D eigenvalue weighted by atomic mass is 127. The van der Waals surface area contributed by atoms with Crippen LogP contribution in [0, 0.1) is 5.82 Å². The maximum atomic E-state index is 13.5. The lowest BCUT2D eigenvalue weighted by molar-refractivity contribution is -0.128.